The van der Waals surface area contributed by atoms with Gasteiger partial charge in [-0.15, -0.1) is 0 Å². The van der Waals surface area contributed by atoms with Crippen molar-refractivity contribution in [3.8, 4) is 5.75 Å². The van der Waals surface area contributed by atoms with Gasteiger partial charge in [-0.05, 0) is 31.0 Å². The molecule has 0 spiro atoms. The zero-order chi connectivity index (χ0) is 13.5. The number of nitrogens with two attached hydrogens (primary N) is 1. The third-order valence-corrected chi connectivity index (χ3v) is 3.59. The van der Waals surface area contributed by atoms with Crippen LogP contribution in [0.4, 0.5) is 0 Å². The Morgan fingerprint density at radius 1 is 1.53 bits per heavy atom. The van der Waals surface area contributed by atoms with Crippen LogP contribution in [0.15, 0.2) is 24.3 Å². The van der Waals surface area contributed by atoms with Gasteiger partial charge in [-0.3, -0.25) is 0 Å². The minimum atomic E-state index is 0.459. The summed E-state index contributed by atoms with van der Waals surface area (Å²) in [6.07, 6.45) is 2.89. The van der Waals surface area contributed by atoms with Crippen LogP contribution in [0, 0.1) is 5.92 Å². The molecule has 4 heteroatoms. The van der Waals surface area contributed by atoms with Crippen LogP contribution in [0.1, 0.15) is 19.8 Å². The van der Waals surface area contributed by atoms with E-state index in [9.17, 15) is 0 Å². The molecule has 106 valence electrons. The largest absolute Gasteiger partial charge is 0.493 e. The predicted molar refractivity (Wildman–Crippen MR) is 76.7 cm³/mol. The lowest BCUT2D eigenvalue weighted by molar-refractivity contribution is -0.665. The van der Waals surface area contributed by atoms with Gasteiger partial charge in [0.1, 0.15) is 18.4 Å². The van der Waals surface area contributed by atoms with E-state index in [1.54, 1.807) is 0 Å². The van der Waals surface area contributed by atoms with Gasteiger partial charge in [0.2, 0.25) is 0 Å². The molecular weight excluding hydrogens is 262 g/mol. The second kappa shape index (κ2) is 7.73. The normalized spacial score (nSPS) is 20.4. The molecule has 1 aromatic carbocycles. The highest BCUT2D eigenvalue weighted by Gasteiger charge is 2.17. The highest BCUT2D eigenvalue weighted by atomic mass is 35.5. The quantitative estimate of drug-likeness (QED) is 0.832. The van der Waals surface area contributed by atoms with E-state index in [1.807, 2.05) is 24.3 Å². The molecule has 1 aliphatic rings. The number of ether oxygens (including phenoxy) is 2. The molecule has 0 radical (unpaired) electrons. The Morgan fingerprint density at radius 3 is 3.16 bits per heavy atom. The molecule has 3 nitrogen and oxygen atoms in total. The minimum absolute atomic E-state index is 0.459. The van der Waals surface area contributed by atoms with Gasteiger partial charge in [0.05, 0.1) is 13.2 Å². The molecule has 2 atom stereocenters. The lowest BCUT2D eigenvalue weighted by Gasteiger charge is -2.14. The summed E-state index contributed by atoms with van der Waals surface area (Å²) in [6.45, 7) is 6.01. The Labute approximate surface area is 120 Å². The van der Waals surface area contributed by atoms with E-state index >= 15 is 0 Å². The first-order valence-corrected chi connectivity index (χ1v) is 7.43. The number of halogens is 1. The first-order chi connectivity index (χ1) is 9.24. The van der Waals surface area contributed by atoms with Crippen LogP contribution in [0.5, 0.6) is 5.75 Å². The van der Waals surface area contributed by atoms with E-state index in [1.165, 1.54) is 12.8 Å². The van der Waals surface area contributed by atoms with E-state index in [-0.39, 0.29) is 0 Å². The second-order valence-electron chi connectivity index (χ2n) is 5.27. The highest BCUT2D eigenvalue weighted by Crippen LogP contribution is 2.17. The van der Waals surface area contributed by atoms with E-state index in [2.05, 4.69) is 12.2 Å². The average Bonchev–Trinajstić information content (AvgIpc) is 2.90. The van der Waals surface area contributed by atoms with Crippen LogP contribution in [0.25, 0.3) is 0 Å². The predicted octanol–water partition coefficient (Wildman–Crippen LogP) is 2.10. The van der Waals surface area contributed by atoms with Crippen LogP contribution in [0.3, 0.4) is 0 Å². The van der Waals surface area contributed by atoms with Gasteiger partial charge in [0.25, 0.3) is 0 Å². The smallest absolute Gasteiger partial charge is 0.120 e. The SMILES string of the molecule is C[C@@H](C[NH2+]C[C@H]1CCCO1)COc1cccc(Cl)c1. The van der Waals surface area contributed by atoms with Crippen LogP contribution in [0.2, 0.25) is 5.02 Å². The molecule has 2 rings (SSSR count). The fourth-order valence-corrected chi connectivity index (χ4v) is 2.44. The van der Waals surface area contributed by atoms with Crippen LogP contribution in [-0.4, -0.2) is 32.4 Å². The van der Waals surface area contributed by atoms with Crippen molar-refractivity contribution in [1.82, 2.24) is 0 Å². The van der Waals surface area contributed by atoms with Crippen molar-refractivity contribution in [2.45, 2.75) is 25.9 Å². The number of benzene rings is 1. The monoisotopic (exact) mass is 284 g/mol. The zero-order valence-corrected chi connectivity index (χ0v) is 12.2. The Balaban J connectivity index is 1.60. The van der Waals surface area contributed by atoms with Crippen molar-refractivity contribution in [2.24, 2.45) is 5.92 Å². The molecule has 1 aliphatic heterocycles. The molecule has 0 aromatic heterocycles. The molecule has 1 aromatic rings. The van der Waals surface area contributed by atoms with Gasteiger partial charge < -0.3 is 14.8 Å². The molecule has 0 saturated carbocycles. The second-order valence-corrected chi connectivity index (χ2v) is 5.71. The standard InChI is InChI=1S/C15H22ClNO2/c1-12(9-17-10-15-6-3-7-18-15)11-19-14-5-2-4-13(16)8-14/h2,4-5,8,12,15,17H,3,6-7,9-11H2,1H3/p+1/t12-,15+/m0/s1. The summed E-state index contributed by atoms with van der Waals surface area (Å²) in [5.74, 6) is 1.36. The van der Waals surface area contributed by atoms with Gasteiger partial charge >= 0.3 is 0 Å². The first-order valence-electron chi connectivity index (χ1n) is 7.05. The summed E-state index contributed by atoms with van der Waals surface area (Å²) in [5, 5.41) is 3.05. The average molecular weight is 285 g/mol. The molecule has 1 fully saturated rings. The lowest BCUT2D eigenvalue weighted by Crippen LogP contribution is -2.87. The lowest BCUT2D eigenvalue weighted by atomic mass is 10.2. The summed E-state index contributed by atoms with van der Waals surface area (Å²) in [4.78, 5) is 0. The number of hydrogen-bond acceptors (Lipinski definition) is 2. The molecule has 1 heterocycles. The van der Waals surface area contributed by atoms with Crippen LogP contribution < -0.4 is 10.1 Å². The topological polar surface area (TPSA) is 35.1 Å². The van der Waals surface area contributed by atoms with Crippen molar-refractivity contribution in [3.05, 3.63) is 29.3 Å². The van der Waals surface area contributed by atoms with Crippen molar-refractivity contribution in [1.29, 1.82) is 0 Å². The molecule has 0 unspecified atom stereocenters. The minimum Gasteiger partial charge on any atom is -0.493 e. The molecule has 0 amide bonds. The summed E-state index contributed by atoms with van der Waals surface area (Å²) in [7, 11) is 0. The summed E-state index contributed by atoms with van der Waals surface area (Å²) < 4.78 is 11.3. The third-order valence-electron chi connectivity index (χ3n) is 3.35. The van der Waals surface area contributed by atoms with Gasteiger partial charge in [0.15, 0.2) is 0 Å². The van der Waals surface area contributed by atoms with Gasteiger partial charge in [-0.2, -0.15) is 0 Å². The summed E-state index contributed by atoms with van der Waals surface area (Å²) in [6, 6.07) is 7.55. The number of quaternary nitrogens is 1. The van der Waals surface area contributed by atoms with Crippen LogP contribution >= 0.6 is 11.6 Å². The Kier molecular flexibility index (Phi) is 5.95. The van der Waals surface area contributed by atoms with Gasteiger partial charge in [-0.25, -0.2) is 0 Å². The zero-order valence-electron chi connectivity index (χ0n) is 11.5. The summed E-state index contributed by atoms with van der Waals surface area (Å²) in [5.41, 5.74) is 0. The third kappa shape index (κ3) is 5.39. The van der Waals surface area contributed by atoms with E-state index in [0.717, 1.165) is 37.1 Å². The maximum absolute atomic E-state index is 5.92. The first kappa shape index (κ1) is 14.6. The van der Waals surface area contributed by atoms with Crippen LogP contribution in [-0.2, 0) is 4.74 Å². The van der Waals surface area contributed by atoms with E-state index in [4.69, 9.17) is 21.1 Å². The fraction of sp³-hybridized carbons (Fsp3) is 0.600. The van der Waals surface area contributed by atoms with E-state index < -0.39 is 0 Å². The maximum Gasteiger partial charge on any atom is 0.120 e. The van der Waals surface area contributed by atoms with E-state index in [0.29, 0.717) is 12.0 Å². The van der Waals surface area contributed by atoms with Gasteiger partial charge in [-0.1, -0.05) is 24.6 Å². The molecule has 0 bridgehead atoms. The Bertz CT molecular complexity index is 380. The van der Waals surface area contributed by atoms with Crippen molar-refractivity contribution in [2.75, 3.05) is 26.3 Å². The van der Waals surface area contributed by atoms with Crippen molar-refractivity contribution < 1.29 is 14.8 Å². The molecule has 19 heavy (non-hydrogen) atoms. The van der Waals surface area contributed by atoms with Crippen molar-refractivity contribution >= 4 is 11.6 Å². The molecule has 0 aliphatic carbocycles. The Hall–Kier alpha value is -0.770. The molecule has 1 saturated heterocycles. The Morgan fingerprint density at radius 2 is 2.42 bits per heavy atom. The number of rotatable bonds is 7. The fourth-order valence-electron chi connectivity index (χ4n) is 2.26. The molecular formula is C15H23ClNO2+. The highest BCUT2D eigenvalue weighted by molar-refractivity contribution is 6.30. The van der Waals surface area contributed by atoms with Gasteiger partial charge in [0, 0.05) is 17.5 Å². The van der Waals surface area contributed by atoms with Crippen molar-refractivity contribution in [3.63, 3.8) is 0 Å². The molecule has 2 N–H and O–H groups in total. The number of hydrogen-bond donors (Lipinski definition) is 1. The summed E-state index contributed by atoms with van der Waals surface area (Å²) >= 11 is 5.92. The maximum atomic E-state index is 5.92.